The molecule has 127 heavy (non-hydrogen) atoms. The number of aryl methyl sites for hydroxylation is 3. The van der Waals surface area contributed by atoms with E-state index in [1.165, 1.54) is 10.7 Å². The number of nitrogen functional groups attached to an aromatic ring is 1. The fourth-order valence-electron chi connectivity index (χ4n) is 13.5. The number of H-pyrrole nitrogens is 4. The van der Waals surface area contributed by atoms with Crippen LogP contribution in [0, 0.1) is 20.8 Å². The molecular weight excluding hydrogens is 1630 g/mol. The van der Waals surface area contributed by atoms with Crippen LogP contribution in [0.15, 0.2) is 158 Å². The van der Waals surface area contributed by atoms with E-state index in [9.17, 15) is 38.4 Å². The number of nitrogens with two attached hydrogens (primary N) is 1. The van der Waals surface area contributed by atoms with Gasteiger partial charge in [-0.15, -0.1) is 10.2 Å². The van der Waals surface area contributed by atoms with Gasteiger partial charge in [0.25, 0.3) is 33.4 Å². The number of imidazole rings is 8. The molecule has 0 unspecified atom stereocenters. The highest BCUT2D eigenvalue weighted by atomic mass is 16.2. The highest BCUT2D eigenvalue weighted by Gasteiger charge is 2.24. The number of allylic oxidation sites excluding steroid dienone is 2. The summed E-state index contributed by atoms with van der Waals surface area (Å²) in [5, 5.41) is 18.5. The lowest BCUT2D eigenvalue weighted by molar-refractivity contribution is 0.0990. The lowest BCUT2D eigenvalue weighted by atomic mass is 10.1. The van der Waals surface area contributed by atoms with Crippen molar-refractivity contribution in [3.8, 4) is 0 Å². The molecular formula is C83H104N36O8. The Bertz CT molecular complexity index is 7190. The van der Waals surface area contributed by atoms with Gasteiger partial charge in [-0.1, -0.05) is 23.1 Å². The molecule has 20 rings (SSSR count). The molecule has 0 saturated heterocycles. The Kier molecular flexibility index (Phi) is 27.3. The van der Waals surface area contributed by atoms with Gasteiger partial charge in [-0.2, -0.15) is 4.98 Å². The predicted octanol–water partition coefficient (Wildman–Crippen LogP) is 9.69. The molecule has 44 heteroatoms. The SMILES string of the molecule is C=C1Cn2c(nc3c(ncn3C(C)C)c2=O)N1.CC(C)n1ccc(=O)c2nccn21.CC(C)n1ccc(=O)n2ccnc12.CC(C)n1cnc2c(=O)n3ccnc3[nH]c21.CC(C)n1cnc2c1C=CCC2=O.CC(C)n1nnc2c(N)ncnc21.Cc1cc2c(ncn2C(C)C)c(=O)[nH]1.Cc1nc2c(ncn2C(C)C)c(=O)[nH]1.Cc1nc2c(nnn2C(C)C)c(=O)[nH]1. The summed E-state index contributed by atoms with van der Waals surface area (Å²) in [4.78, 5) is 157. The second-order valence-electron chi connectivity index (χ2n) is 32.3. The molecule has 0 bridgehead atoms. The van der Waals surface area contributed by atoms with E-state index in [-0.39, 0.29) is 74.8 Å². The summed E-state index contributed by atoms with van der Waals surface area (Å²) in [6.45, 7) is 46.3. The second-order valence-corrected chi connectivity index (χ2v) is 32.3. The third kappa shape index (κ3) is 19.3. The molecule has 2 aliphatic rings. The third-order valence-corrected chi connectivity index (χ3v) is 19.9. The van der Waals surface area contributed by atoms with Crippen LogP contribution in [-0.2, 0) is 6.54 Å². The van der Waals surface area contributed by atoms with Gasteiger partial charge in [0, 0.05) is 122 Å². The monoisotopic (exact) mass is 1730 g/mol. The Labute approximate surface area is 722 Å². The standard InChI is InChI=1S/C11H13N5O.C10H11N5O.C10H13N3O.C10H12N2O.C9H12N4O.2C9H11N3O.C8H11N5O.C7H10N6/c1-6(2)16-5-12-8-9(16)14-11-13-7(3)4-15(11)10(8)17;1-6(2)15-5-12-7-8(15)13-10-11-3-4-14(10)9(7)16;1-6(2)13-5-11-9-8(13)4-7(3)12-10(9)14;1-7(2)12-6-11-10-8(12)4-3-5-9(10)13;1-5(2)13-4-10-7-8(13)11-6(3)12-9(7)14;1-7(2)11-5-3-8(13)12-6-4-10-9(11)12;1-7(2)11-5-3-8(13)9-10-4-6-12(9)11;1-4(2)13-7-6(11-12-13)8(14)10-5(3)9-7;1-4(2)13-7-5(11-12-13)6(8)9-3-10-7/h5-6H,3-4H2,1-2H3,(H,13,14);3-6H,1-2H3,(H,11,13);4-6H,1-3H3,(H,12,14);3-4,6-7H,5H2,1-2H3;4-5H,1-3H3,(H,11,12,14);2*3-7H,1-2H3;4H,1-3H3,(H,9,10,14);3-4H,1-2H3,(H2,8,9,10). The number of ketones is 1. The molecule has 0 atom stereocenters. The average molecular weight is 1730 g/mol. The van der Waals surface area contributed by atoms with Gasteiger partial charge in [-0.3, -0.25) is 52.0 Å². The van der Waals surface area contributed by atoms with Crippen molar-refractivity contribution in [1.82, 2.24) is 165 Å². The van der Waals surface area contributed by atoms with Crippen molar-refractivity contribution in [3.05, 3.63) is 225 Å². The van der Waals surface area contributed by atoms with Gasteiger partial charge in [0.1, 0.15) is 29.3 Å². The maximum atomic E-state index is 12.2. The number of hydrogen-bond donors (Lipinski definition) is 6. The van der Waals surface area contributed by atoms with Gasteiger partial charge in [0.15, 0.2) is 72.9 Å². The number of aromatic nitrogens is 34. The van der Waals surface area contributed by atoms with Crippen LogP contribution < -0.4 is 49.8 Å². The van der Waals surface area contributed by atoms with Crippen LogP contribution >= 0.6 is 0 Å². The number of Topliss-reactive ketones (excluding diaryl/α,β-unsaturated/α-hetero) is 1. The molecule has 0 fully saturated rings. The zero-order chi connectivity index (χ0) is 92.0. The number of carbonyl (C=O) groups excluding carboxylic acids is 1. The van der Waals surface area contributed by atoms with E-state index < -0.39 is 0 Å². The maximum Gasteiger partial charge on any atom is 0.287 e. The summed E-state index contributed by atoms with van der Waals surface area (Å²) in [5.41, 5.74) is 15.2. The van der Waals surface area contributed by atoms with Crippen molar-refractivity contribution in [1.29, 1.82) is 0 Å². The van der Waals surface area contributed by atoms with E-state index in [0.29, 0.717) is 139 Å². The first kappa shape index (κ1) is 90.8. The average Bonchev–Trinajstić information content (AvgIpc) is 1.61. The fourth-order valence-corrected chi connectivity index (χ4v) is 13.5. The number of fused-ring (bicyclic) bond motifs is 11. The minimum absolute atomic E-state index is 0.0376. The van der Waals surface area contributed by atoms with Crippen molar-refractivity contribution in [2.75, 3.05) is 11.1 Å². The molecule has 0 aromatic carbocycles. The molecule has 664 valence electrons. The Morgan fingerprint density at radius 1 is 0.449 bits per heavy atom. The van der Waals surface area contributed by atoms with E-state index in [1.54, 1.807) is 130 Å². The summed E-state index contributed by atoms with van der Waals surface area (Å²) in [6.07, 6.45) is 27.7. The minimum atomic E-state index is -0.237. The number of nitrogens with one attached hydrogen (secondary N) is 5. The Balaban J connectivity index is 0.000000130. The highest BCUT2D eigenvalue weighted by Crippen LogP contribution is 2.24. The van der Waals surface area contributed by atoms with E-state index >= 15 is 0 Å². The van der Waals surface area contributed by atoms with E-state index in [1.807, 2.05) is 126 Å². The largest absolute Gasteiger partial charge is 0.382 e. The Morgan fingerprint density at radius 3 is 1.65 bits per heavy atom. The molecule has 18 aromatic heterocycles. The Hall–Kier alpha value is -15.4. The molecule has 0 radical (unpaired) electrons. The third-order valence-electron chi connectivity index (χ3n) is 19.9. The summed E-state index contributed by atoms with van der Waals surface area (Å²) in [7, 11) is 0. The van der Waals surface area contributed by atoms with Gasteiger partial charge in [-0.25, -0.2) is 78.1 Å². The molecule has 44 nitrogen and oxygen atoms in total. The van der Waals surface area contributed by atoms with Gasteiger partial charge in [-0.05, 0) is 158 Å². The maximum absolute atomic E-state index is 12.2. The lowest BCUT2D eigenvalue weighted by Gasteiger charge is -2.12. The van der Waals surface area contributed by atoms with Crippen molar-refractivity contribution < 1.29 is 4.79 Å². The number of hydrogen-bond acceptors (Lipinski definition) is 27. The predicted molar refractivity (Wildman–Crippen MR) is 482 cm³/mol. The van der Waals surface area contributed by atoms with Crippen LogP contribution in [0.1, 0.15) is 219 Å². The molecule has 1 aliphatic heterocycles. The molecule has 19 heterocycles. The van der Waals surface area contributed by atoms with Gasteiger partial charge >= 0.3 is 0 Å². The normalized spacial score (nSPS) is 12.2. The topological polar surface area (TPSA) is 519 Å². The van der Waals surface area contributed by atoms with Crippen LogP contribution in [0.4, 0.5) is 11.8 Å². The quantitative estimate of drug-likeness (QED) is 0.0782. The summed E-state index contributed by atoms with van der Waals surface area (Å²) >= 11 is 0. The van der Waals surface area contributed by atoms with Crippen LogP contribution in [0.3, 0.4) is 0 Å². The number of pyridine rings is 1. The smallest absolute Gasteiger partial charge is 0.287 e. The van der Waals surface area contributed by atoms with Crippen molar-refractivity contribution in [2.45, 2.75) is 213 Å². The first-order valence-corrected chi connectivity index (χ1v) is 41.2. The zero-order valence-corrected chi connectivity index (χ0v) is 74.5. The molecule has 7 N–H and O–H groups in total. The number of nitrogens with zero attached hydrogens (tertiary/aromatic N) is 30. The van der Waals surface area contributed by atoms with Gasteiger partial charge in [0.05, 0.1) is 61.5 Å². The number of anilines is 2. The molecule has 0 saturated carbocycles. The van der Waals surface area contributed by atoms with Gasteiger partial charge in [0.2, 0.25) is 22.9 Å². The van der Waals surface area contributed by atoms with Crippen LogP contribution in [0.5, 0.6) is 0 Å². The van der Waals surface area contributed by atoms with Crippen LogP contribution in [0.2, 0.25) is 0 Å². The van der Waals surface area contributed by atoms with E-state index in [2.05, 4.69) is 173 Å². The van der Waals surface area contributed by atoms with E-state index in [0.717, 1.165) is 28.2 Å². The minimum Gasteiger partial charge on any atom is -0.382 e. The summed E-state index contributed by atoms with van der Waals surface area (Å²) in [5.74, 6) is 3.47. The van der Waals surface area contributed by atoms with Crippen molar-refractivity contribution in [2.24, 2.45) is 0 Å². The summed E-state index contributed by atoms with van der Waals surface area (Å²) in [6, 6.07) is 7.44. The van der Waals surface area contributed by atoms with Crippen LogP contribution in [0.25, 0.3) is 90.1 Å². The number of carbonyl (C=O) groups is 1. The fraction of sp³-hybridized carbons (Fsp3) is 0.386. The van der Waals surface area contributed by atoms with Crippen LogP contribution in [-0.4, -0.2) is 170 Å². The zero-order valence-electron chi connectivity index (χ0n) is 74.5. The first-order valence-electron chi connectivity index (χ1n) is 41.2. The van der Waals surface area contributed by atoms with Crippen molar-refractivity contribution in [3.63, 3.8) is 0 Å². The molecule has 18 aromatic rings. The second kappa shape index (κ2) is 38.1. The van der Waals surface area contributed by atoms with Gasteiger partial charge < -0.3 is 58.4 Å². The van der Waals surface area contributed by atoms with E-state index in [4.69, 9.17) is 5.73 Å². The lowest BCUT2D eigenvalue weighted by Crippen LogP contribution is -2.19. The number of aromatic amines is 4. The summed E-state index contributed by atoms with van der Waals surface area (Å²) < 4.78 is 23.3. The van der Waals surface area contributed by atoms with Crippen molar-refractivity contribution >= 4 is 108 Å². The first-order chi connectivity index (χ1) is 60.3. The highest BCUT2D eigenvalue weighted by molar-refractivity contribution is 6.00. The molecule has 1 aliphatic carbocycles. The number of rotatable bonds is 9. The molecule has 0 amide bonds. The molecule has 0 spiro atoms. The Morgan fingerprint density at radius 2 is 1.00 bits per heavy atom.